The molecule has 250 valence electrons. The minimum Gasteiger partial charge on any atom is -0.382 e. The number of halogens is 1. The van der Waals surface area contributed by atoms with E-state index in [1.165, 1.54) is 28.1 Å². The Morgan fingerprint density at radius 2 is 1.89 bits per heavy atom. The summed E-state index contributed by atoms with van der Waals surface area (Å²) >= 11 is 8.58. The lowest BCUT2D eigenvalue weighted by Crippen LogP contribution is -2.47. The zero-order chi connectivity index (χ0) is 33.0. The Bertz CT molecular complexity index is 1930. The highest BCUT2D eigenvalue weighted by Crippen LogP contribution is 2.53. The average Bonchev–Trinajstić information content (AvgIpc) is 3.75. The monoisotopic (exact) mass is 724 g/mol. The Balaban J connectivity index is 1.14. The Hall–Kier alpha value is -2.66. The van der Waals surface area contributed by atoms with Crippen molar-refractivity contribution in [1.82, 2.24) is 39.0 Å². The highest BCUT2D eigenvalue weighted by Gasteiger charge is 2.51. The van der Waals surface area contributed by atoms with Crippen LogP contribution in [0.2, 0.25) is 0 Å². The van der Waals surface area contributed by atoms with E-state index in [4.69, 9.17) is 46.3 Å². The van der Waals surface area contributed by atoms with Gasteiger partial charge in [-0.1, -0.05) is 12.2 Å². The molecule has 0 radical (unpaired) electrons. The molecule has 0 amide bonds. The van der Waals surface area contributed by atoms with Crippen LogP contribution in [0.15, 0.2) is 23.8 Å². The predicted octanol–water partition coefficient (Wildman–Crippen LogP) is 0.412. The molecule has 0 spiro atoms. The first kappa shape index (κ1) is 33.2. The molecule has 25 heteroatoms. The second-order valence-electron chi connectivity index (χ2n) is 10.4. The first-order valence-corrected chi connectivity index (χ1v) is 18.6. The van der Waals surface area contributed by atoms with E-state index >= 15 is 0 Å². The van der Waals surface area contributed by atoms with Crippen LogP contribution >= 0.6 is 25.8 Å². The summed E-state index contributed by atoms with van der Waals surface area (Å²) in [6.45, 7) is -10.0. The van der Waals surface area contributed by atoms with Crippen molar-refractivity contribution in [3.05, 3.63) is 29.3 Å². The van der Waals surface area contributed by atoms with E-state index in [1.54, 1.807) is 0 Å². The van der Waals surface area contributed by atoms with E-state index < -0.39 is 68.9 Å². The zero-order valence-electron chi connectivity index (χ0n) is 23.3. The smallest absolute Gasteiger partial charge is 0.382 e. The standard InChI is InChI=1S/C21H27FN10O10P2S2/c22-9-3-12(32-8-28-14-17(32)29-20(24)30-18(14)33)40-10(9)4-38-44(37,46)42-19(34)21(5-39-43(35,36)45)2-1-11(41-21)31-7-27-13-15(23)25-6-26-16(13)31/h6-12,19,34H,1-5H2,(H,37,46)(H2,23,25,26)(H2,35,36,45)(H3,24,29,30,33)/t9-,10+,11+,12+,19?,21?,44?/m0/s1. The van der Waals surface area contributed by atoms with Crippen LogP contribution < -0.4 is 17.0 Å². The van der Waals surface area contributed by atoms with Crippen LogP contribution in [0, 0.1) is 0 Å². The molecule has 8 atom stereocenters. The van der Waals surface area contributed by atoms with Crippen molar-refractivity contribution < 1.29 is 46.9 Å². The van der Waals surface area contributed by atoms with Gasteiger partial charge in [-0.05, 0) is 24.6 Å². The SMILES string of the molecule is Nc1nc2c(ncn2[C@H]2C[C@H](F)[C@@H](COP(O)(=S)OC(O)C3(COP(=O)(O)S)CC[C@H](n4cnc5c(N)ncnc54)O3)O2)c(=O)[nH]1. The van der Waals surface area contributed by atoms with E-state index in [-0.39, 0.29) is 42.2 Å². The normalized spacial score (nSPS) is 28.5. The second kappa shape index (κ2) is 12.4. The van der Waals surface area contributed by atoms with Gasteiger partial charge in [-0.15, -0.1) is 0 Å². The largest absolute Gasteiger partial charge is 0.383 e. The van der Waals surface area contributed by atoms with Crippen molar-refractivity contribution in [3.8, 4) is 0 Å². The number of aromatic nitrogens is 8. The van der Waals surface area contributed by atoms with Crippen molar-refractivity contribution in [1.29, 1.82) is 0 Å². The Morgan fingerprint density at radius 1 is 1.17 bits per heavy atom. The third kappa shape index (κ3) is 6.68. The third-order valence-corrected chi connectivity index (χ3v) is 9.70. The van der Waals surface area contributed by atoms with Gasteiger partial charge in [-0.2, -0.15) is 4.98 Å². The number of fused-ring (bicyclic) bond motifs is 2. The number of hydrogen-bond donors (Lipinski definition) is 7. The zero-order valence-corrected chi connectivity index (χ0v) is 26.8. The lowest BCUT2D eigenvalue weighted by atomic mass is 10.0. The number of aliphatic hydroxyl groups is 1. The molecule has 8 N–H and O–H groups in total. The van der Waals surface area contributed by atoms with Crippen LogP contribution in [0.3, 0.4) is 0 Å². The number of nitrogens with one attached hydrogen (secondary N) is 1. The van der Waals surface area contributed by atoms with Gasteiger partial charge < -0.3 is 40.4 Å². The Morgan fingerprint density at radius 3 is 2.63 bits per heavy atom. The van der Waals surface area contributed by atoms with Gasteiger partial charge in [0.1, 0.15) is 42.2 Å². The first-order chi connectivity index (χ1) is 21.6. The van der Waals surface area contributed by atoms with Crippen LogP contribution in [0.1, 0.15) is 31.7 Å². The fraction of sp³-hybridized carbons (Fsp3) is 0.524. The summed E-state index contributed by atoms with van der Waals surface area (Å²) in [5.74, 6) is -0.0447. The van der Waals surface area contributed by atoms with Gasteiger partial charge in [-0.25, -0.2) is 28.9 Å². The van der Waals surface area contributed by atoms with Crippen molar-refractivity contribution >= 4 is 71.7 Å². The second-order valence-corrected chi connectivity index (χ2v) is 15.9. The minimum atomic E-state index is -4.37. The highest BCUT2D eigenvalue weighted by atomic mass is 32.7. The molecule has 2 fully saturated rings. The maximum absolute atomic E-state index is 15.0. The molecule has 4 aromatic rings. The number of anilines is 2. The molecule has 2 saturated heterocycles. The number of aliphatic hydroxyl groups excluding tert-OH is 1. The van der Waals surface area contributed by atoms with Gasteiger partial charge in [0.2, 0.25) is 5.95 Å². The van der Waals surface area contributed by atoms with E-state index in [2.05, 4.69) is 42.2 Å². The first-order valence-electron chi connectivity index (χ1n) is 13.3. The molecular formula is C21H27FN10O10P2S2. The maximum Gasteiger partial charge on any atom is 0.383 e. The number of H-pyrrole nitrogens is 1. The number of nitrogen functional groups attached to an aromatic ring is 2. The lowest BCUT2D eigenvalue weighted by molar-refractivity contribution is -0.214. The summed E-state index contributed by atoms with van der Waals surface area (Å²) in [5, 5.41) is 11.1. The Kier molecular flexibility index (Phi) is 8.97. The van der Waals surface area contributed by atoms with Gasteiger partial charge in [-0.3, -0.25) is 28.0 Å². The number of aromatic amines is 1. The van der Waals surface area contributed by atoms with Crippen LogP contribution in [-0.2, 0) is 39.4 Å². The third-order valence-electron chi connectivity index (χ3n) is 7.37. The highest BCUT2D eigenvalue weighted by molar-refractivity contribution is 8.44. The molecule has 4 unspecified atom stereocenters. The van der Waals surface area contributed by atoms with E-state index in [9.17, 15) is 28.6 Å². The van der Waals surface area contributed by atoms with Gasteiger partial charge >= 0.3 is 13.5 Å². The Labute approximate surface area is 267 Å². The number of imidazole rings is 2. The van der Waals surface area contributed by atoms with Crippen LogP contribution in [0.25, 0.3) is 22.3 Å². The van der Waals surface area contributed by atoms with E-state index in [1.807, 2.05) is 0 Å². The summed E-state index contributed by atoms with van der Waals surface area (Å²) in [6.07, 6.45) is -2.93. The van der Waals surface area contributed by atoms with Crippen molar-refractivity contribution in [2.24, 2.45) is 0 Å². The molecule has 0 saturated carbocycles. The maximum atomic E-state index is 15.0. The number of hydrogen-bond acceptors (Lipinski definition) is 16. The fourth-order valence-electron chi connectivity index (χ4n) is 5.17. The number of nitrogens with two attached hydrogens (primary N) is 2. The topological polar surface area (TPSA) is 283 Å². The number of alkyl halides is 1. The van der Waals surface area contributed by atoms with Crippen LogP contribution in [0.4, 0.5) is 16.2 Å². The molecule has 4 aromatic heterocycles. The summed E-state index contributed by atoms with van der Waals surface area (Å²) in [4.78, 5) is 55.1. The number of nitrogens with zero attached hydrogens (tertiary/aromatic N) is 7. The van der Waals surface area contributed by atoms with E-state index in [0.717, 1.165) is 0 Å². The van der Waals surface area contributed by atoms with Crippen LogP contribution in [-0.4, -0.2) is 91.3 Å². The molecule has 6 rings (SSSR count). The number of thiol groups is 1. The predicted molar refractivity (Wildman–Crippen MR) is 162 cm³/mol. The minimum absolute atomic E-state index is 0.0236. The fourth-order valence-corrected chi connectivity index (χ4v) is 7.00. The molecule has 6 heterocycles. The quantitative estimate of drug-likeness (QED) is 0.0626. The molecule has 0 aliphatic carbocycles. The molecule has 20 nitrogen and oxygen atoms in total. The van der Waals surface area contributed by atoms with Crippen molar-refractivity contribution in [2.45, 2.75) is 55.9 Å². The van der Waals surface area contributed by atoms with Crippen LogP contribution in [0.5, 0.6) is 0 Å². The molecule has 0 aromatic carbocycles. The van der Waals surface area contributed by atoms with Gasteiger partial charge in [0.05, 0.1) is 25.9 Å². The molecule has 46 heavy (non-hydrogen) atoms. The van der Waals surface area contributed by atoms with Gasteiger partial charge in [0.25, 0.3) is 5.56 Å². The molecule has 2 aliphatic rings. The summed E-state index contributed by atoms with van der Waals surface area (Å²) < 4.78 is 57.1. The lowest BCUT2D eigenvalue weighted by Gasteiger charge is -2.35. The summed E-state index contributed by atoms with van der Waals surface area (Å²) in [7, 11) is 0. The average molecular weight is 725 g/mol. The molecule has 2 aliphatic heterocycles. The number of ether oxygens (including phenoxy) is 2. The van der Waals surface area contributed by atoms with Gasteiger partial charge in [0.15, 0.2) is 28.9 Å². The molecule has 0 bridgehead atoms. The number of rotatable bonds is 11. The summed E-state index contributed by atoms with van der Waals surface area (Å²) in [5.41, 5.74) is 9.69. The van der Waals surface area contributed by atoms with Crippen molar-refractivity contribution in [2.75, 3.05) is 24.7 Å². The van der Waals surface area contributed by atoms with Gasteiger partial charge in [0, 0.05) is 6.42 Å². The summed E-state index contributed by atoms with van der Waals surface area (Å²) in [6, 6.07) is 0. The van der Waals surface area contributed by atoms with E-state index in [0.29, 0.717) is 11.2 Å². The molecular weight excluding hydrogens is 697 g/mol. The van der Waals surface area contributed by atoms with Crippen molar-refractivity contribution in [3.63, 3.8) is 0 Å².